The molecule has 0 spiro atoms. The summed E-state index contributed by atoms with van der Waals surface area (Å²) in [6.45, 7) is 3.84. The Labute approximate surface area is 233 Å². The van der Waals surface area contributed by atoms with Crippen LogP contribution in [0.4, 0.5) is 13.2 Å². The lowest BCUT2D eigenvalue weighted by molar-refractivity contribution is 0.321. The smallest absolute Gasteiger partial charge is 0.139 e. The summed E-state index contributed by atoms with van der Waals surface area (Å²) in [4.78, 5) is 1.89. The number of hydrogen-bond acceptors (Lipinski definition) is 4. The van der Waals surface area contributed by atoms with E-state index in [0.29, 0.717) is 12.0 Å². The molecule has 2 aromatic heterocycles. The molecule has 2 nitrogen and oxygen atoms in total. The quantitative estimate of drug-likeness (QED) is 0.0956. The van der Waals surface area contributed by atoms with Gasteiger partial charge in [0.15, 0.2) is 0 Å². The van der Waals surface area contributed by atoms with E-state index in [9.17, 15) is 13.2 Å². The van der Waals surface area contributed by atoms with Crippen molar-refractivity contribution < 1.29 is 18.4 Å². The van der Waals surface area contributed by atoms with Crippen molar-refractivity contribution in [2.75, 3.05) is 0 Å². The molecule has 0 aliphatic carbocycles. The number of fused-ring (bicyclic) bond motifs is 1. The molecule has 0 amide bonds. The Morgan fingerprint density at radius 1 is 0.846 bits per heavy atom. The number of thiophene rings is 2. The first kappa shape index (κ1) is 26.7. The van der Waals surface area contributed by atoms with E-state index < -0.39 is 11.6 Å². The monoisotopic (exact) mass is 559 g/mol. The molecule has 0 aliphatic heterocycles. The fourth-order valence-corrected chi connectivity index (χ4v) is 6.79. The Hall–Kier alpha value is -3.86. The second-order valence-electron chi connectivity index (χ2n) is 9.05. The fraction of sp³-hybridized carbons (Fsp3) is 0.156. The molecule has 0 bridgehead atoms. The summed E-state index contributed by atoms with van der Waals surface area (Å²) in [6, 6.07) is 18.6. The number of oxime groups is 1. The molecule has 196 valence electrons. The van der Waals surface area contributed by atoms with E-state index in [4.69, 9.17) is 5.21 Å². The van der Waals surface area contributed by atoms with E-state index in [-0.39, 0.29) is 22.5 Å². The second-order valence-corrected chi connectivity index (χ2v) is 11.2. The molecule has 0 radical (unpaired) electrons. The molecule has 0 unspecified atom stereocenters. The topological polar surface area (TPSA) is 32.6 Å². The van der Waals surface area contributed by atoms with E-state index >= 15 is 0 Å². The van der Waals surface area contributed by atoms with Gasteiger partial charge in [-0.15, -0.1) is 22.7 Å². The van der Waals surface area contributed by atoms with E-state index in [1.54, 1.807) is 24.3 Å². The lowest BCUT2D eigenvalue weighted by Crippen LogP contribution is -2.03. The van der Waals surface area contributed by atoms with Gasteiger partial charge in [-0.25, -0.2) is 13.2 Å². The first-order valence-electron chi connectivity index (χ1n) is 12.5. The molecule has 1 N–H and O–H groups in total. The van der Waals surface area contributed by atoms with Crippen LogP contribution in [0.1, 0.15) is 47.4 Å². The van der Waals surface area contributed by atoms with Crippen LogP contribution >= 0.6 is 22.7 Å². The Bertz CT molecular complexity index is 1720. The molecule has 3 aromatic carbocycles. The van der Waals surface area contributed by atoms with Crippen LogP contribution in [0.25, 0.3) is 31.0 Å². The summed E-state index contributed by atoms with van der Waals surface area (Å²) in [5, 5.41) is 11.4. The summed E-state index contributed by atoms with van der Waals surface area (Å²) < 4.78 is 45.8. The third kappa shape index (κ3) is 5.49. The summed E-state index contributed by atoms with van der Waals surface area (Å²) in [5.74, 6) is 4.16. The van der Waals surface area contributed by atoms with Crippen LogP contribution in [-0.2, 0) is 12.8 Å². The van der Waals surface area contributed by atoms with Crippen LogP contribution in [0.5, 0.6) is 0 Å². The van der Waals surface area contributed by atoms with Gasteiger partial charge in [0.2, 0.25) is 0 Å². The minimum atomic E-state index is -0.828. The molecular formula is C32H24F3NOS2. The normalized spacial score (nSPS) is 11.3. The number of aryl methyl sites for hydroxylation is 1. The third-order valence-corrected chi connectivity index (χ3v) is 8.73. The summed E-state index contributed by atoms with van der Waals surface area (Å²) in [7, 11) is 0. The highest BCUT2D eigenvalue weighted by Crippen LogP contribution is 2.39. The number of halogens is 3. The van der Waals surface area contributed by atoms with Gasteiger partial charge >= 0.3 is 0 Å². The van der Waals surface area contributed by atoms with Gasteiger partial charge in [0.25, 0.3) is 0 Å². The Morgan fingerprint density at radius 3 is 2.26 bits per heavy atom. The minimum Gasteiger partial charge on any atom is -0.411 e. The summed E-state index contributed by atoms with van der Waals surface area (Å²) in [6.07, 6.45) is 2.92. The van der Waals surface area contributed by atoms with Crippen molar-refractivity contribution in [1.29, 1.82) is 0 Å². The summed E-state index contributed by atoms with van der Waals surface area (Å²) >= 11 is 3.15. The van der Waals surface area contributed by atoms with Crippen LogP contribution < -0.4 is 0 Å². The molecule has 0 saturated heterocycles. The van der Waals surface area contributed by atoms with Gasteiger partial charge in [-0.3, -0.25) is 0 Å². The lowest BCUT2D eigenvalue weighted by atomic mass is 10.00. The molecular weight excluding hydrogens is 535 g/mol. The highest BCUT2D eigenvalue weighted by atomic mass is 32.1. The van der Waals surface area contributed by atoms with E-state index in [2.05, 4.69) is 30.0 Å². The van der Waals surface area contributed by atoms with Gasteiger partial charge in [-0.05, 0) is 53.8 Å². The zero-order chi connectivity index (χ0) is 27.5. The third-order valence-electron chi connectivity index (χ3n) is 6.48. The predicted octanol–water partition coefficient (Wildman–Crippen LogP) is 9.44. The number of benzene rings is 3. The van der Waals surface area contributed by atoms with E-state index in [1.807, 2.05) is 42.5 Å². The molecule has 0 saturated carbocycles. The van der Waals surface area contributed by atoms with Crippen molar-refractivity contribution in [2.45, 2.75) is 33.1 Å². The lowest BCUT2D eigenvalue weighted by Gasteiger charge is -2.07. The molecule has 7 heteroatoms. The Morgan fingerprint density at radius 2 is 1.59 bits per heavy atom. The number of hydrogen-bond donors (Lipinski definition) is 1. The average molecular weight is 560 g/mol. The fourth-order valence-electron chi connectivity index (χ4n) is 4.53. The zero-order valence-corrected chi connectivity index (χ0v) is 22.9. The standard InChI is InChI=1S/C32H24F3NOS2/c1-3-5-19-6-13-25(27(33)14-19)20-7-9-21(10-8-20)29-17-31-30(39-29)16-23(38-31)12-11-22-15-28(34)26(18-36-37)32(35)24(22)4-2/h6-10,13-18,37H,3-5H2,1-2H3/b36-18+. The van der Waals surface area contributed by atoms with Gasteiger partial charge in [-0.1, -0.05) is 73.7 Å². The first-order valence-corrected chi connectivity index (χ1v) is 14.2. The van der Waals surface area contributed by atoms with Crippen LogP contribution in [-0.4, -0.2) is 11.4 Å². The molecule has 39 heavy (non-hydrogen) atoms. The van der Waals surface area contributed by atoms with Crippen molar-refractivity contribution in [2.24, 2.45) is 5.16 Å². The molecule has 5 rings (SSSR count). The SMILES string of the molecule is CCCc1ccc(-c2ccc(-c3cc4sc(C#Cc5cc(F)c(/C=N/O)c(F)c5CC)cc4s3)cc2)c(F)c1. The van der Waals surface area contributed by atoms with Gasteiger partial charge in [-0.2, -0.15) is 0 Å². The van der Waals surface area contributed by atoms with Gasteiger partial charge in [0.1, 0.15) is 17.5 Å². The highest BCUT2D eigenvalue weighted by Gasteiger charge is 2.16. The molecule has 5 aromatic rings. The molecule has 0 fully saturated rings. The van der Waals surface area contributed by atoms with E-state index in [1.165, 1.54) is 17.4 Å². The maximum absolute atomic E-state index is 14.7. The van der Waals surface area contributed by atoms with Crippen molar-refractivity contribution in [3.8, 4) is 33.4 Å². The van der Waals surface area contributed by atoms with Crippen LogP contribution in [0.15, 0.2) is 65.8 Å². The first-order chi connectivity index (χ1) is 18.9. The maximum atomic E-state index is 14.7. The largest absolute Gasteiger partial charge is 0.411 e. The number of rotatable bonds is 6. The Kier molecular flexibility index (Phi) is 7.87. The molecule has 2 heterocycles. The summed E-state index contributed by atoms with van der Waals surface area (Å²) in [5.41, 5.74) is 3.66. The maximum Gasteiger partial charge on any atom is 0.139 e. The van der Waals surface area contributed by atoms with Crippen LogP contribution in [0, 0.1) is 29.3 Å². The molecule has 0 aliphatic rings. The Balaban J connectivity index is 1.38. The number of nitrogens with zero attached hydrogens (tertiary/aromatic N) is 1. The highest BCUT2D eigenvalue weighted by molar-refractivity contribution is 7.29. The minimum absolute atomic E-state index is 0.203. The van der Waals surface area contributed by atoms with E-state index in [0.717, 1.165) is 54.9 Å². The van der Waals surface area contributed by atoms with Crippen molar-refractivity contribution in [3.63, 3.8) is 0 Å². The van der Waals surface area contributed by atoms with Crippen molar-refractivity contribution in [3.05, 3.63) is 105 Å². The van der Waals surface area contributed by atoms with Gasteiger partial charge in [0, 0.05) is 31.0 Å². The second kappa shape index (κ2) is 11.5. The van der Waals surface area contributed by atoms with Gasteiger partial charge in [0.05, 0.1) is 16.7 Å². The average Bonchev–Trinajstić information content (AvgIpc) is 3.49. The predicted molar refractivity (Wildman–Crippen MR) is 156 cm³/mol. The zero-order valence-electron chi connectivity index (χ0n) is 21.3. The van der Waals surface area contributed by atoms with Gasteiger partial charge < -0.3 is 5.21 Å². The van der Waals surface area contributed by atoms with Crippen molar-refractivity contribution >= 4 is 38.3 Å². The van der Waals surface area contributed by atoms with Crippen LogP contribution in [0.2, 0.25) is 0 Å². The van der Waals surface area contributed by atoms with Crippen molar-refractivity contribution in [1.82, 2.24) is 0 Å². The van der Waals surface area contributed by atoms with Crippen LogP contribution in [0.3, 0.4) is 0 Å². The molecule has 0 atom stereocenters.